The Hall–Kier alpha value is -2.22. The molecular formula is C13H15N5O2S. The van der Waals surface area contributed by atoms with Crippen LogP contribution in [-0.2, 0) is 0 Å². The van der Waals surface area contributed by atoms with Crippen LogP contribution in [0.3, 0.4) is 0 Å². The van der Waals surface area contributed by atoms with Gasteiger partial charge in [0.25, 0.3) is 0 Å². The van der Waals surface area contributed by atoms with Crippen molar-refractivity contribution >= 4 is 28.4 Å². The van der Waals surface area contributed by atoms with Crippen molar-refractivity contribution < 1.29 is 9.90 Å². The number of aromatic carboxylic acids is 1. The van der Waals surface area contributed by atoms with E-state index >= 15 is 0 Å². The molecule has 1 fully saturated rings. The highest BCUT2D eigenvalue weighted by Crippen LogP contribution is 2.20. The van der Waals surface area contributed by atoms with E-state index in [4.69, 9.17) is 5.11 Å². The van der Waals surface area contributed by atoms with Crippen LogP contribution in [0.15, 0.2) is 17.8 Å². The smallest absolute Gasteiger partial charge is 0.339 e. The summed E-state index contributed by atoms with van der Waals surface area (Å²) >= 11 is 1.63. The Morgan fingerprint density at radius 2 is 1.95 bits per heavy atom. The van der Waals surface area contributed by atoms with E-state index in [1.807, 2.05) is 11.6 Å². The Balaban J connectivity index is 1.69. The summed E-state index contributed by atoms with van der Waals surface area (Å²) in [6.45, 7) is 5.00. The lowest BCUT2D eigenvalue weighted by atomic mass is 10.2. The summed E-state index contributed by atoms with van der Waals surface area (Å²) in [6, 6.07) is 0. The number of carboxylic acid groups (broad SMARTS) is 1. The topological polar surface area (TPSA) is 82.5 Å². The van der Waals surface area contributed by atoms with Crippen molar-refractivity contribution in [3.63, 3.8) is 0 Å². The molecule has 0 bridgehead atoms. The maximum Gasteiger partial charge on any atom is 0.339 e. The van der Waals surface area contributed by atoms with Gasteiger partial charge in [-0.2, -0.15) is 0 Å². The van der Waals surface area contributed by atoms with Gasteiger partial charge in [-0.25, -0.2) is 19.7 Å². The number of nitrogens with zero attached hydrogens (tertiary/aromatic N) is 5. The third-order valence-corrected chi connectivity index (χ3v) is 4.28. The van der Waals surface area contributed by atoms with Gasteiger partial charge in [-0.05, 0) is 6.92 Å². The van der Waals surface area contributed by atoms with Crippen LogP contribution < -0.4 is 9.80 Å². The van der Waals surface area contributed by atoms with E-state index in [0.29, 0.717) is 11.6 Å². The van der Waals surface area contributed by atoms with Gasteiger partial charge >= 0.3 is 5.97 Å². The number of aromatic nitrogens is 3. The first kappa shape index (κ1) is 13.7. The van der Waals surface area contributed by atoms with Gasteiger partial charge < -0.3 is 14.9 Å². The van der Waals surface area contributed by atoms with Crippen molar-refractivity contribution in [1.29, 1.82) is 0 Å². The Kier molecular flexibility index (Phi) is 3.70. The summed E-state index contributed by atoms with van der Waals surface area (Å²) in [7, 11) is 0. The van der Waals surface area contributed by atoms with Crippen LogP contribution in [0.4, 0.5) is 11.1 Å². The first-order valence-corrected chi connectivity index (χ1v) is 7.49. The van der Waals surface area contributed by atoms with Crippen molar-refractivity contribution in [1.82, 2.24) is 15.0 Å². The minimum absolute atomic E-state index is 0.153. The number of hydrogen-bond donors (Lipinski definition) is 1. The first-order valence-electron chi connectivity index (χ1n) is 6.61. The number of carboxylic acids is 1. The summed E-state index contributed by atoms with van der Waals surface area (Å²) in [5, 5.41) is 12.0. The number of piperazine rings is 1. The number of rotatable bonds is 3. The Labute approximate surface area is 125 Å². The number of hydrogen-bond acceptors (Lipinski definition) is 7. The van der Waals surface area contributed by atoms with Crippen LogP contribution in [0.2, 0.25) is 0 Å². The molecule has 2 aromatic rings. The van der Waals surface area contributed by atoms with Crippen LogP contribution in [0, 0.1) is 6.92 Å². The molecule has 0 aromatic carbocycles. The maximum atomic E-state index is 11.0. The fourth-order valence-electron chi connectivity index (χ4n) is 2.29. The molecule has 1 N–H and O–H groups in total. The van der Waals surface area contributed by atoms with E-state index < -0.39 is 5.97 Å². The summed E-state index contributed by atoms with van der Waals surface area (Å²) in [5.41, 5.74) is 0.648. The average Bonchev–Trinajstić information content (AvgIpc) is 3.01. The molecule has 8 heteroatoms. The quantitative estimate of drug-likeness (QED) is 0.914. The SMILES string of the molecule is Cc1nc(N2CCN(c3nccs3)CC2)ncc1C(=O)O. The molecule has 0 radical (unpaired) electrons. The zero-order valence-electron chi connectivity index (χ0n) is 11.6. The lowest BCUT2D eigenvalue weighted by Crippen LogP contribution is -2.47. The lowest BCUT2D eigenvalue weighted by Gasteiger charge is -2.34. The molecule has 0 amide bonds. The maximum absolute atomic E-state index is 11.0. The Morgan fingerprint density at radius 3 is 2.52 bits per heavy atom. The van der Waals surface area contributed by atoms with E-state index in [9.17, 15) is 4.79 Å². The van der Waals surface area contributed by atoms with Crippen LogP contribution in [0.1, 0.15) is 16.1 Å². The predicted octanol–water partition coefficient (Wildman–Crippen LogP) is 1.27. The summed E-state index contributed by atoms with van der Waals surface area (Å²) in [5.74, 6) is -0.399. The highest BCUT2D eigenvalue weighted by molar-refractivity contribution is 7.13. The standard InChI is InChI=1S/C13H15N5O2S/c1-9-10(11(19)20)8-15-12(16-9)17-3-5-18(6-4-17)13-14-2-7-21-13/h2,7-8H,3-6H2,1H3,(H,19,20). The van der Waals surface area contributed by atoms with Crippen molar-refractivity contribution in [2.24, 2.45) is 0 Å². The van der Waals surface area contributed by atoms with Crippen LogP contribution in [0.25, 0.3) is 0 Å². The van der Waals surface area contributed by atoms with Gasteiger partial charge in [-0.1, -0.05) is 0 Å². The normalized spacial score (nSPS) is 15.3. The zero-order chi connectivity index (χ0) is 14.8. The molecule has 2 aromatic heterocycles. The van der Waals surface area contributed by atoms with E-state index in [1.165, 1.54) is 6.20 Å². The molecular weight excluding hydrogens is 290 g/mol. The third kappa shape index (κ3) is 2.80. The van der Waals surface area contributed by atoms with Crippen LogP contribution >= 0.6 is 11.3 Å². The predicted molar refractivity (Wildman–Crippen MR) is 80.3 cm³/mol. The molecule has 0 saturated carbocycles. The molecule has 3 heterocycles. The van der Waals surface area contributed by atoms with E-state index in [0.717, 1.165) is 31.3 Å². The highest BCUT2D eigenvalue weighted by atomic mass is 32.1. The largest absolute Gasteiger partial charge is 0.478 e. The molecule has 0 atom stereocenters. The molecule has 1 aliphatic rings. The fraction of sp³-hybridized carbons (Fsp3) is 0.385. The minimum atomic E-state index is -0.993. The Morgan fingerprint density at radius 1 is 1.24 bits per heavy atom. The highest BCUT2D eigenvalue weighted by Gasteiger charge is 2.21. The Bertz CT molecular complexity index is 638. The lowest BCUT2D eigenvalue weighted by molar-refractivity contribution is 0.0695. The van der Waals surface area contributed by atoms with Gasteiger partial charge in [0.1, 0.15) is 0 Å². The summed E-state index contributed by atoms with van der Waals surface area (Å²) in [6.07, 6.45) is 3.19. The second-order valence-corrected chi connectivity index (χ2v) is 5.64. The minimum Gasteiger partial charge on any atom is -0.478 e. The van der Waals surface area contributed by atoms with Gasteiger partial charge in [0.15, 0.2) is 5.13 Å². The summed E-state index contributed by atoms with van der Waals surface area (Å²) < 4.78 is 0. The van der Waals surface area contributed by atoms with Gasteiger partial charge in [0, 0.05) is 44.0 Å². The molecule has 0 spiro atoms. The van der Waals surface area contributed by atoms with Crippen LogP contribution in [0.5, 0.6) is 0 Å². The second kappa shape index (κ2) is 5.65. The van der Waals surface area contributed by atoms with Gasteiger partial charge in [0.2, 0.25) is 5.95 Å². The number of aryl methyl sites for hydroxylation is 1. The van der Waals surface area contributed by atoms with Gasteiger partial charge in [-0.3, -0.25) is 0 Å². The fourth-order valence-corrected chi connectivity index (χ4v) is 2.98. The third-order valence-electron chi connectivity index (χ3n) is 3.45. The molecule has 1 saturated heterocycles. The zero-order valence-corrected chi connectivity index (χ0v) is 12.4. The van der Waals surface area contributed by atoms with Crippen molar-refractivity contribution in [3.05, 3.63) is 29.0 Å². The molecule has 1 aliphatic heterocycles. The van der Waals surface area contributed by atoms with Gasteiger partial charge in [0.05, 0.1) is 11.3 Å². The molecule has 7 nitrogen and oxygen atoms in total. The summed E-state index contributed by atoms with van der Waals surface area (Å²) in [4.78, 5) is 28.1. The van der Waals surface area contributed by atoms with E-state index in [1.54, 1.807) is 18.3 Å². The monoisotopic (exact) mass is 305 g/mol. The molecule has 3 rings (SSSR count). The van der Waals surface area contributed by atoms with Crippen molar-refractivity contribution in [2.45, 2.75) is 6.92 Å². The number of thiazole rings is 1. The molecule has 0 aliphatic carbocycles. The molecule has 110 valence electrons. The van der Waals surface area contributed by atoms with Crippen LogP contribution in [-0.4, -0.2) is 52.2 Å². The van der Waals surface area contributed by atoms with Gasteiger partial charge in [-0.15, -0.1) is 11.3 Å². The average molecular weight is 305 g/mol. The molecule has 21 heavy (non-hydrogen) atoms. The van der Waals surface area contributed by atoms with E-state index in [2.05, 4.69) is 24.8 Å². The van der Waals surface area contributed by atoms with Crippen molar-refractivity contribution in [2.75, 3.05) is 36.0 Å². The van der Waals surface area contributed by atoms with E-state index in [-0.39, 0.29) is 5.56 Å². The number of anilines is 2. The second-order valence-electron chi connectivity index (χ2n) is 4.76. The first-order chi connectivity index (χ1) is 10.1. The number of carbonyl (C=O) groups is 1. The van der Waals surface area contributed by atoms with Crippen molar-refractivity contribution in [3.8, 4) is 0 Å². The molecule has 0 unspecified atom stereocenters.